The average Bonchev–Trinajstić information content (AvgIpc) is 3.10. The second kappa shape index (κ2) is 7.99. The highest BCUT2D eigenvalue weighted by Crippen LogP contribution is 2.29. The van der Waals surface area contributed by atoms with Crippen LogP contribution in [0.5, 0.6) is 0 Å². The topological polar surface area (TPSA) is 79.5 Å². The maximum atomic E-state index is 12.6. The van der Waals surface area contributed by atoms with Crippen molar-refractivity contribution in [2.24, 2.45) is 0 Å². The van der Waals surface area contributed by atoms with Gasteiger partial charge in [-0.2, -0.15) is 13.2 Å². The summed E-state index contributed by atoms with van der Waals surface area (Å²) in [5.74, 6) is 0.430. The molecule has 1 saturated heterocycles. The van der Waals surface area contributed by atoms with E-state index in [1.54, 1.807) is 11.8 Å². The van der Waals surface area contributed by atoms with Gasteiger partial charge in [-0.05, 0) is 24.3 Å². The van der Waals surface area contributed by atoms with E-state index in [-0.39, 0.29) is 23.8 Å². The van der Waals surface area contributed by atoms with Gasteiger partial charge in [0.2, 0.25) is 17.7 Å². The lowest BCUT2D eigenvalue weighted by Gasteiger charge is -2.34. The molecule has 0 spiro atoms. The monoisotopic (exact) mass is 396 g/mol. The molecular formula is C18H19F3N4O3. The molecule has 2 aromatic rings. The molecule has 2 amide bonds. The smallest absolute Gasteiger partial charge is 0.416 e. The van der Waals surface area contributed by atoms with E-state index in [2.05, 4.69) is 10.2 Å². The van der Waals surface area contributed by atoms with E-state index in [9.17, 15) is 22.8 Å². The minimum absolute atomic E-state index is 0.0718. The highest BCUT2D eigenvalue weighted by Gasteiger charge is 2.31. The summed E-state index contributed by atoms with van der Waals surface area (Å²) in [6.07, 6.45) is -3.85. The van der Waals surface area contributed by atoms with Crippen LogP contribution in [-0.2, 0) is 17.4 Å². The van der Waals surface area contributed by atoms with E-state index < -0.39 is 11.7 Å². The van der Waals surface area contributed by atoms with Gasteiger partial charge in [0.1, 0.15) is 0 Å². The third-order valence-corrected chi connectivity index (χ3v) is 4.50. The minimum atomic E-state index is -4.44. The quantitative estimate of drug-likeness (QED) is 0.793. The van der Waals surface area contributed by atoms with Gasteiger partial charge in [0, 0.05) is 51.5 Å². The molecule has 10 heteroatoms. The Balaban J connectivity index is 1.50. The lowest BCUT2D eigenvalue weighted by atomic mass is 10.1. The van der Waals surface area contributed by atoms with Crippen LogP contribution in [0.3, 0.4) is 0 Å². The summed E-state index contributed by atoms with van der Waals surface area (Å²) in [6.45, 7) is 3.06. The number of piperazine rings is 1. The minimum Gasteiger partial charge on any atom is -0.426 e. The van der Waals surface area contributed by atoms with E-state index >= 15 is 0 Å². The molecule has 1 aliphatic heterocycles. The van der Waals surface area contributed by atoms with Crippen molar-refractivity contribution < 1.29 is 27.2 Å². The molecule has 1 fully saturated rings. The molecule has 150 valence electrons. The maximum Gasteiger partial charge on any atom is 0.416 e. The van der Waals surface area contributed by atoms with E-state index in [1.165, 1.54) is 17.0 Å². The first kappa shape index (κ1) is 19.8. The van der Waals surface area contributed by atoms with Crippen LogP contribution in [0.1, 0.15) is 34.1 Å². The van der Waals surface area contributed by atoms with Crippen LogP contribution in [0.25, 0.3) is 0 Å². The number of alkyl halides is 3. The van der Waals surface area contributed by atoms with Crippen molar-refractivity contribution in [3.8, 4) is 0 Å². The molecule has 0 radical (unpaired) electrons. The van der Waals surface area contributed by atoms with Crippen molar-refractivity contribution in [2.45, 2.75) is 25.9 Å². The number of rotatable bonds is 4. The number of carbonyl (C=O) groups is 2. The normalized spacial score (nSPS) is 15.0. The number of benzene rings is 1. The summed E-state index contributed by atoms with van der Waals surface area (Å²) in [5, 5.41) is 7.55. The molecular weight excluding hydrogens is 377 g/mol. The van der Waals surface area contributed by atoms with E-state index in [0.717, 1.165) is 12.1 Å². The van der Waals surface area contributed by atoms with Crippen LogP contribution in [0.15, 0.2) is 28.7 Å². The zero-order valence-electron chi connectivity index (χ0n) is 15.2. The summed E-state index contributed by atoms with van der Waals surface area (Å²) in [7, 11) is 0. The molecule has 1 aliphatic rings. The summed E-state index contributed by atoms with van der Waals surface area (Å²) in [5.41, 5.74) is -0.601. The molecule has 0 saturated carbocycles. The van der Waals surface area contributed by atoms with E-state index in [0.29, 0.717) is 44.4 Å². The van der Waals surface area contributed by atoms with Gasteiger partial charge < -0.3 is 14.2 Å². The third-order valence-electron chi connectivity index (χ3n) is 4.50. The predicted molar refractivity (Wildman–Crippen MR) is 91.3 cm³/mol. The zero-order valence-corrected chi connectivity index (χ0v) is 15.2. The summed E-state index contributed by atoms with van der Waals surface area (Å²) in [6, 6.07) is 4.14. The summed E-state index contributed by atoms with van der Waals surface area (Å²) in [4.78, 5) is 27.9. The Hall–Kier alpha value is -2.91. The van der Waals surface area contributed by atoms with Gasteiger partial charge in [0.25, 0.3) is 5.91 Å². The van der Waals surface area contributed by atoms with Crippen molar-refractivity contribution in [3.63, 3.8) is 0 Å². The first-order chi connectivity index (χ1) is 13.2. The number of aromatic nitrogens is 2. The van der Waals surface area contributed by atoms with Crippen molar-refractivity contribution in [3.05, 3.63) is 47.2 Å². The van der Waals surface area contributed by atoms with Gasteiger partial charge in [-0.15, -0.1) is 10.2 Å². The fourth-order valence-electron chi connectivity index (χ4n) is 2.95. The van der Waals surface area contributed by atoms with Crippen LogP contribution < -0.4 is 0 Å². The zero-order chi connectivity index (χ0) is 20.3. The standard InChI is InChI=1S/C18H19F3N4O3/c1-12-22-23-15(28-12)6-7-16(26)24-8-10-25(11-9-24)17(27)13-2-4-14(5-3-13)18(19,20)21/h2-5H,6-11H2,1H3. The largest absolute Gasteiger partial charge is 0.426 e. The Kier molecular flexibility index (Phi) is 5.66. The molecule has 2 heterocycles. The number of amides is 2. The molecule has 7 nitrogen and oxygen atoms in total. The predicted octanol–water partition coefficient (Wildman–Crippen LogP) is 2.31. The molecule has 1 aromatic carbocycles. The van der Waals surface area contributed by atoms with Crippen LogP contribution >= 0.6 is 0 Å². The van der Waals surface area contributed by atoms with Gasteiger partial charge in [-0.1, -0.05) is 0 Å². The van der Waals surface area contributed by atoms with Gasteiger partial charge >= 0.3 is 6.18 Å². The maximum absolute atomic E-state index is 12.6. The Morgan fingerprint density at radius 3 is 2.18 bits per heavy atom. The second-order valence-electron chi connectivity index (χ2n) is 6.46. The fraction of sp³-hybridized carbons (Fsp3) is 0.444. The highest BCUT2D eigenvalue weighted by atomic mass is 19.4. The first-order valence-electron chi connectivity index (χ1n) is 8.77. The Labute approximate surface area is 159 Å². The van der Waals surface area contributed by atoms with Crippen molar-refractivity contribution in [1.29, 1.82) is 0 Å². The van der Waals surface area contributed by atoms with Crippen molar-refractivity contribution in [1.82, 2.24) is 20.0 Å². The van der Waals surface area contributed by atoms with Gasteiger partial charge in [-0.25, -0.2) is 0 Å². The lowest BCUT2D eigenvalue weighted by molar-refractivity contribution is -0.137. The number of nitrogens with zero attached hydrogens (tertiary/aromatic N) is 4. The van der Waals surface area contributed by atoms with Gasteiger partial charge in [-0.3, -0.25) is 9.59 Å². The number of aryl methyl sites for hydroxylation is 2. The summed E-state index contributed by atoms with van der Waals surface area (Å²) >= 11 is 0. The van der Waals surface area contributed by atoms with Crippen LogP contribution in [0.4, 0.5) is 13.2 Å². The lowest BCUT2D eigenvalue weighted by Crippen LogP contribution is -2.50. The summed E-state index contributed by atoms with van der Waals surface area (Å²) < 4.78 is 43.1. The third kappa shape index (κ3) is 4.68. The number of carbonyl (C=O) groups excluding carboxylic acids is 2. The number of halogens is 3. The van der Waals surface area contributed by atoms with Gasteiger partial charge in [0.05, 0.1) is 5.56 Å². The molecule has 1 aromatic heterocycles. The molecule has 0 unspecified atom stereocenters. The highest BCUT2D eigenvalue weighted by molar-refractivity contribution is 5.94. The molecule has 28 heavy (non-hydrogen) atoms. The molecule has 0 N–H and O–H groups in total. The Morgan fingerprint density at radius 1 is 1.04 bits per heavy atom. The Bertz CT molecular complexity index is 841. The molecule has 0 atom stereocenters. The molecule has 0 bridgehead atoms. The van der Waals surface area contributed by atoms with E-state index in [4.69, 9.17) is 4.42 Å². The number of hydrogen-bond donors (Lipinski definition) is 0. The second-order valence-corrected chi connectivity index (χ2v) is 6.46. The number of hydrogen-bond acceptors (Lipinski definition) is 5. The Morgan fingerprint density at radius 2 is 1.64 bits per heavy atom. The van der Waals surface area contributed by atoms with Gasteiger partial charge in [0.15, 0.2) is 0 Å². The average molecular weight is 396 g/mol. The SMILES string of the molecule is Cc1nnc(CCC(=O)N2CCN(C(=O)c3ccc(C(F)(F)F)cc3)CC2)o1. The van der Waals surface area contributed by atoms with Crippen LogP contribution in [0.2, 0.25) is 0 Å². The van der Waals surface area contributed by atoms with Crippen LogP contribution in [-0.4, -0.2) is 58.0 Å². The first-order valence-corrected chi connectivity index (χ1v) is 8.77. The van der Waals surface area contributed by atoms with Crippen LogP contribution in [0, 0.1) is 6.92 Å². The van der Waals surface area contributed by atoms with E-state index in [1.807, 2.05) is 0 Å². The molecule has 3 rings (SSSR count). The molecule has 0 aliphatic carbocycles. The van der Waals surface area contributed by atoms with Crippen molar-refractivity contribution >= 4 is 11.8 Å². The van der Waals surface area contributed by atoms with Crippen molar-refractivity contribution in [2.75, 3.05) is 26.2 Å². The fourth-order valence-corrected chi connectivity index (χ4v) is 2.95.